The molecule has 54 valence electrons. The van der Waals surface area contributed by atoms with Crippen molar-refractivity contribution in [3.63, 3.8) is 0 Å². The summed E-state index contributed by atoms with van der Waals surface area (Å²) in [6.45, 7) is 5.46. The molecule has 1 rings (SSSR count). The lowest BCUT2D eigenvalue weighted by Crippen LogP contribution is -2.36. The summed E-state index contributed by atoms with van der Waals surface area (Å²) >= 11 is 0. The molecule has 1 aliphatic rings. The van der Waals surface area contributed by atoms with Gasteiger partial charge in [-0.05, 0) is 0 Å². The normalized spacial score (nSPS) is 45.0. The number of aliphatic hydroxyl groups is 1. The van der Waals surface area contributed by atoms with Gasteiger partial charge in [-0.1, -0.05) is 13.8 Å². The molecule has 0 spiro atoms. The highest BCUT2D eigenvalue weighted by Gasteiger charge is 2.25. The number of rotatable bonds is 0. The van der Waals surface area contributed by atoms with Crippen molar-refractivity contribution in [1.82, 2.24) is 0 Å². The highest BCUT2D eigenvalue weighted by atomic mass is 16.5. The Morgan fingerprint density at radius 2 is 1.67 bits per heavy atom. The van der Waals surface area contributed by atoms with E-state index in [2.05, 4.69) is 0 Å². The van der Waals surface area contributed by atoms with E-state index in [1.54, 1.807) is 0 Å². The van der Waals surface area contributed by atoms with Crippen molar-refractivity contribution in [2.75, 3.05) is 13.2 Å². The van der Waals surface area contributed by atoms with Crippen molar-refractivity contribution in [2.24, 2.45) is 11.8 Å². The third-order valence-corrected chi connectivity index (χ3v) is 1.93. The van der Waals surface area contributed by atoms with Crippen molar-refractivity contribution in [1.29, 1.82) is 0 Å². The van der Waals surface area contributed by atoms with Gasteiger partial charge in [-0.3, -0.25) is 0 Å². The van der Waals surface area contributed by atoms with Gasteiger partial charge >= 0.3 is 0 Å². The van der Waals surface area contributed by atoms with Gasteiger partial charge in [0.25, 0.3) is 0 Å². The lowest BCUT2D eigenvalue weighted by Gasteiger charge is -2.30. The van der Waals surface area contributed by atoms with E-state index in [1.807, 2.05) is 13.8 Å². The third-order valence-electron chi connectivity index (χ3n) is 1.93. The summed E-state index contributed by atoms with van der Waals surface area (Å²) in [7, 11) is 0. The molecule has 2 heteroatoms. The van der Waals surface area contributed by atoms with E-state index < -0.39 is 0 Å². The van der Waals surface area contributed by atoms with Gasteiger partial charge in [-0.15, -0.1) is 0 Å². The molecule has 3 atom stereocenters. The van der Waals surface area contributed by atoms with Crippen LogP contribution in [0.25, 0.3) is 0 Å². The van der Waals surface area contributed by atoms with Crippen molar-refractivity contribution in [2.45, 2.75) is 20.0 Å². The number of hydrogen-bond donors (Lipinski definition) is 1. The highest BCUT2D eigenvalue weighted by molar-refractivity contribution is 4.73. The van der Waals surface area contributed by atoms with Crippen LogP contribution in [0, 0.1) is 11.8 Å². The second kappa shape index (κ2) is 2.67. The zero-order valence-electron chi connectivity index (χ0n) is 6.00. The molecule has 0 aliphatic carbocycles. The largest absolute Gasteiger partial charge is 0.392 e. The van der Waals surface area contributed by atoms with Crippen LogP contribution < -0.4 is 0 Å². The summed E-state index contributed by atoms with van der Waals surface area (Å²) in [5.74, 6) is 0.627. The average molecular weight is 130 g/mol. The molecule has 1 unspecified atom stereocenters. The van der Waals surface area contributed by atoms with E-state index in [4.69, 9.17) is 4.74 Å². The van der Waals surface area contributed by atoms with Gasteiger partial charge in [0.1, 0.15) is 0 Å². The highest BCUT2D eigenvalue weighted by Crippen LogP contribution is 2.18. The van der Waals surface area contributed by atoms with Crippen LogP contribution in [0.2, 0.25) is 0 Å². The Labute approximate surface area is 55.8 Å². The van der Waals surface area contributed by atoms with Gasteiger partial charge in [0.15, 0.2) is 0 Å². The molecule has 1 heterocycles. The van der Waals surface area contributed by atoms with Crippen LogP contribution in [0.4, 0.5) is 0 Å². The molecule has 0 aromatic heterocycles. The Kier molecular flexibility index (Phi) is 2.09. The van der Waals surface area contributed by atoms with Crippen molar-refractivity contribution in [3.8, 4) is 0 Å². The number of ether oxygens (including phenoxy) is 1. The maximum absolute atomic E-state index is 9.37. The zero-order valence-corrected chi connectivity index (χ0v) is 6.00. The van der Waals surface area contributed by atoms with Crippen LogP contribution in [-0.2, 0) is 4.74 Å². The van der Waals surface area contributed by atoms with Crippen molar-refractivity contribution >= 4 is 0 Å². The molecule has 9 heavy (non-hydrogen) atoms. The molecule has 0 aromatic rings. The first-order valence-electron chi connectivity index (χ1n) is 3.47. The molecule has 1 saturated heterocycles. The molecule has 0 bridgehead atoms. The van der Waals surface area contributed by atoms with Crippen LogP contribution in [-0.4, -0.2) is 24.4 Å². The summed E-state index contributed by atoms with van der Waals surface area (Å²) < 4.78 is 5.20. The quantitative estimate of drug-likeness (QED) is 0.521. The van der Waals surface area contributed by atoms with E-state index in [0.717, 1.165) is 0 Å². The standard InChI is InChI=1S/C7H14O2/c1-5-3-9-4-6(2)7(5)8/h5-8H,3-4H2,1-2H3/t5-,6+,7?. The Morgan fingerprint density at radius 3 is 2.00 bits per heavy atom. The molecular formula is C7H14O2. The van der Waals surface area contributed by atoms with Gasteiger partial charge in [-0.2, -0.15) is 0 Å². The molecule has 1 N–H and O–H groups in total. The van der Waals surface area contributed by atoms with Gasteiger partial charge in [0, 0.05) is 11.8 Å². The third kappa shape index (κ3) is 1.43. The first kappa shape index (κ1) is 7.03. The fourth-order valence-corrected chi connectivity index (χ4v) is 1.20. The van der Waals surface area contributed by atoms with E-state index in [9.17, 15) is 5.11 Å². The zero-order chi connectivity index (χ0) is 6.85. The fourth-order valence-electron chi connectivity index (χ4n) is 1.20. The minimum absolute atomic E-state index is 0.154. The second-order valence-electron chi connectivity index (χ2n) is 2.98. The topological polar surface area (TPSA) is 29.5 Å². The SMILES string of the molecule is C[C@@H]1COC[C@H](C)C1O. The van der Waals surface area contributed by atoms with E-state index in [1.165, 1.54) is 0 Å². The van der Waals surface area contributed by atoms with E-state index in [0.29, 0.717) is 25.0 Å². The average Bonchev–Trinajstić information content (AvgIpc) is 1.83. The lowest BCUT2D eigenvalue weighted by atomic mass is 9.92. The molecule has 2 nitrogen and oxygen atoms in total. The monoisotopic (exact) mass is 130 g/mol. The maximum Gasteiger partial charge on any atom is 0.0635 e. The summed E-state index contributed by atoms with van der Waals surface area (Å²) in [4.78, 5) is 0. The van der Waals surface area contributed by atoms with Gasteiger partial charge in [-0.25, -0.2) is 0 Å². The molecular weight excluding hydrogens is 116 g/mol. The number of hydrogen-bond acceptors (Lipinski definition) is 2. The molecule has 0 radical (unpaired) electrons. The Hall–Kier alpha value is -0.0800. The molecule has 0 amide bonds. The van der Waals surface area contributed by atoms with Crippen LogP contribution >= 0.6 is 0 Å². The maximum atomic E-state index is 9.37. The predicted molar refractivity (Wildman–Crippen MR) is 35.2 cm³/mol. The van der Waals surface area contributed by atoms with Crippen LogP contribution in [0.15, 0.2) is 0 Å². The summed E-state index contributed by atoms with van der Waals surface area (Å²) in [5.41, 5.74) is 0. The van der Waals surface area contributed by atoms with Crippen molar-refractivity contribution < 1.29 is 9.84 Å². The van der Waals surface area contributed by atoms with Crippen LogP contribution in [0.3, 0.4) is 0 Å². The van der Waals surface area contributed by atoms with Gasteiger partial charge < -0.3 is 9.84 Å². The first-order chi connectivity index (χ1) is 4.22. The fraction of sp³-hybridized carbons (Fsp3) is 1.00. The van der Waals surface area contributed by atoms with Crippen molar-refractivity contribution in [3.05, 3.63) is 0 Å². The lowest BCUT2D eigenvalue weighted by molar-refractivity contribution is -0.0670. The second-order valence-corrected chi connectivity index (χ2v) is 2.98. The Bertz CT molecular complexity index is 82.9. The van der Waals surface area contributed by atoms with E-state index in [-0.39, 0.29) is 6.10 Å². The van der Waals surface area contributed by atoms with Gasteiger partial charge in [0.2, 0.25) is 0 Å². The molecule has 1 fully saturated rings. The van der Waals surface area contributed by atoms with Crippen LogP contribution in [0.1, 0.15) is 13.8 Å². The van der Waals surface area contributed by atoms with Gasteiger partial charge in [0.05, 0.1) is 19.3 Å². The summed E-state index contributed by atoms with van der Waals surface area (Å²) in [6.07, 6.45) is -0.154. The molecule has 1 aliphatic heterocycles. The Balaban J connectivity index is 2.41. The smallest absolute Gasteiger partial charge is 0.0635 e. The first-order valence-corrected chi connectivity index (χ1v) is 3.47. The molecule has 0 aromatic carbocycles. The summed E-state index contributed by atoms with van der Waals surface area (Å²) in [5, 5.41) is 9.37. The van der Waals surface area contributed by atoms with Crippen LogP contribution in [0.5, 0.6) is 0 Å². The van der Waals surface area contributed by atoms with E-state index >= 15 is 0 Å². The minimum atomic E-state index is -0.154. The Morgan fingerprint density at radius 1 is 1.22 bits per heavy atom. The minimum Gasteiger partial charge on any atom is -0.392 e. The summed E-state index contributed by atoms with van der Waals surface area (Å²) in [6, 6.07) is 0. The molecule has 0 saturated carbocycles. The number of aliphatic hydroxyl groups excluding tert-OH is 1. The predicted octanol–water partition coefficient (Wildman–Crippen LogP) is 0.650.